The zero-order chi connectivity index (χ0) is 14.4. The van der Waals surface area contributed by atoms with Gasteiger partial charge in [-0.25, -0.2) is 0 Å². The molecule has 0 radical (unpaired) electrons. The lowest BCUT2D eigenvalue weighted by atomic mass is 10.1. The van der Waals surface area contributed by atoms with Crippen molar-refractivity contribution in [3.63, 3.8) is 0 Å². The third kappa shape index (κ3) is 3.68. The number of nitrogens with zero attached hydrogens (tertiary/aromatic N) is 1. The van der Waals surface area contributed by atoms with Crippen molar-refractivity contribution in [1.82, 2.24) is 0 Å². The van der Waals surface area contributed by atoms with Crippen LogP contribution in [0.4, 0.5) is 0 Å². The van der Waals surface area contributed by atoms with Gasteiger partial charge in [0.1, 0.15) is 5.76 Å². The van der Waals surface area contributed by atoms with Crippen LogP contribution in [0.3, 0.4) is 0 Å². The van der Waals surface area contributed by atoms with Gasteiger partial charge in [0.05, 0.1) is 12.0 Å². The van der Waals surface area contributed by atoms with E-state index in [1.54, 1.807) is 19.3 Å². The van der Waals surface area contributed by atoms with Crippen molar-refractivity contribution in [3.8, 4) is 0 Å². The van der Waals surface area contributed by atoms with Gasteiger partial charge in [-0.2, -0.15) is 0 Å². The van der Waals surface area contributed by atoms with Crippen molar-refractivity contribution in [2.24, 2.45) is 0 Å². The molecule has 0 atom stereocenters. The van der Waals surface area contributed by atoms with Crippen molar-refractivity contribution in [1.29, 1.82) is 0 Å². The molecular weight excluding hydrogens is 254 g/mol. The zero-order valence-corrected chi connectivity index (χ0v) is 11.2. The molecule has 4 heteroatoms. The fourth-order valence-electron chi connectivity index (χ4n) is 1.80. The molecule has 0 bridgehead atoms. The van der Waals surface area contributed by atoms with Gasteiger partial charge in [0.15, 0.2) is 0 Å². The third-order valence-electron chi connectivity index (χ3n) is 2.91. The molecular formula is C16H15NO3. The van der Waals surface area contributed by atoms with Crippen LogP contribution in [0.25, 0.3) is 0 Å². The molecule has 0 saturated carbocycles. The van der Waals surface area contributed by atoms with E-state index in [0.717, 1.165) is 23.3 Å². The summed E-state index contributed by atoms with van der Waals surface area (Å²) in [6.45, 7) is 0. The maximum Gasteiger partial charge on any atom is 0.269 e. The maximum absolute atomic E-state index is 10.8. The second-order valence-electron chi connectivity index (χ2n) is 4.31. The SMILES string of the molecule is COC1=C\C(=C/C=C2\C=C/C([N+](=O)[O-])=C\C=C/C2)C=C1. The van der Waals surface area contributed by atoms with E-state index in [1.165, 1.54) is 12.2 Å². The molecule has 4 nitrogen and oxygen atoms in total. The molecule has 0 aromatic carbocycles. The van der Waals surface area contributed by atoms with Crippen LogP contribution in [-0.2, 0) is 4.74 Å². The van der Waals surface area contributed by atoms with Gasteiger partial charge >= 0.3 is 0 Å². The van der Waals surface area contributed by atoms with Gasteiger partial charge in [-0.1, -0.05) is 36.5 Å². The van der Waals surface area contributed by atoms with Crippen LogP contribution in [0.5, 0.6) is 0 Å². The summed E-state index contributed by atoms with van der Waals surface area (Å²) >= 11 is 0. The Kier molecular flexibility index (Phi) is 4.50. The first-order chi connectivity index (χ1) is 9.69. The average molecular weight is 269 g/mol. The lowest BCUT2D eigenvalue weighted by molar-refractivity contribution is -0.419. The Bertz CT molecular complexity index is 614. The summed E-state index contributed by atoms with van der Waals surface area (Å²) in [5.74, 6) is 0.821. The van der Waals surface area contributed by atoms with E-state index >= 15 is 0 Å². The minimum absolute atomic E-state index is 0.0850. The molecule has 0 aromatic heterocycles. The molecule has 102 valence electrons. The highest BCUT2D eigenvalue weighted by molar-refractivity contribution is 5.46. The third-order valence-corrected chi connectivity index (χ3v) is 2.91. The molecule has 20 heavy (non-hydrogen) atoms. The first-order valence-corrected chi connectivity index (χ1v) is 6.23. The summed E-state index contributed by atoms with van der Waals surface area (Å²) in [5, 5.41) is 10.8. The largest absolute Gasteiger partial charge is 0.497 e. The molecule has 2 aliphatic rings. The van der Waals surface area contributed by atoms with E-state index in [9.17, 15) is 10.1 Å². The monoisotopic (exact) mass is 269 g/mol. The minimum atomic E-state index is -0.393. The molecule has 0 heterocycles. The molecule has 2 aliphatic carbocycles. The zero-order valence-electron chi connectivity index (χ0n) is 11.2. The molecule has 0 aromatic rings. The molecule has 0 spiro atoms. The molecule has 0 fully saturated rings. The summed E-state index contributed by atoms with van der Waals surface area (Å²) < 4.78 is 5.12. The molecule has 0 unspecified atom stereocenters. The van der Waals surface area contributed by atoms with Gasteiger partial charge in [-0.3, -0.25) is 10.1 Å². The van der Waals surface area contributed by atoms with Crippen molar-refractivity contribution < 1.29 is 9.66 Å². The van der Waals surface area contributed by atoms with E-state index in [1.807, 2.05) is 36.5 Å². The Morgan fingerprint density at radius 1 is 1.25 bits per heavy atom. The second-order valence-corrected chi connectivity index (χ2v) is 4.31. The standard InChI is InChI=1S/C16H15NO3/c1-20-16-11-9-14(12-16)7-6-13-4-2-3-5-15(10-8-13)17(18)19/h2-3,5-12H,4H2,1H3/b3-2-,10-8-,13-6-,14-7-,15-5+. The number of ether oxygens (including phenoxy) is 1. The van der Waals surface area contributed by atoms with Crippen LogP contribution < -0.4 is 0 Å². The lowest BCUT2D eigenvalue weighted by Gasteiger charge is -1.99. The van der Waals surface area contributed by atoms with Crippen LogP contribution in [0, 0.1) is 10.1 Å². The van der Waals surface area contributed by atoms with Crippen molar-refractivity contribution in [2.45, 2.75) is 6.42 Å². The fraction of sp³-hybridized carbons (Fsp3) is 0.125. The highest BCUT2D eigenvalue weighted by atomic mass is 16.6. The van der Waals surface area contributed by atoms with E-state index < -0.39 is 4.92 Å². The Hall–Kier alpha value is -2.62. The van der Waals surface area contributed by atoms with E-state index in [0.29, 0.717) is 0 Å². The van der Waals surface area contributed by atoms with Crippen molar-refractivity contribution in [3.05, 3.63) is 93.5 Å². The predicted octanol–water partition coefficient (Wildman–Crippen LogP) is 3.62. The Balaban J connectivity index is 2.16. The summed E-state index contributed by atoms with van der Waals surface area (Å²) in [6.07, 6.45) is 18.9. The quantitative estimate of drug-likeness (QED) is 0.581. The molecule has 0 amide bonds. The average Bonchev–Trinajstić information content (AvgIpc) is 2.85. The first kappa shape index (κ1) is 13.8. The smallest absolute Gasteiger partial charge is 0.269 e. The normalized spacial score (nSPS) is 27.4. The molecule has 0 saturated heterocycles. The highest BCUT2D eigenvalue weighted by Gasteiger charge is 2.05. The second kappa shape index (κ2) is 6.52. The van der Waals surface area contributed by atoms with Gasteiger partial charge in [-0.05, 0) is 29.7 Å². The van der Waals surface area contributed by atoms with Crippen LogP contribution in [-0.4, -0.2) is 12.0 Å². The van der Waals surface area contributed by atoms with E-state index in [2.05, 4.69) is 0 Å². The summed E-state index contributed by atoms with van der Waals surface area (Å²) in [4.78, 5) is 10.4. The number of rotatable bonds is 3. The number of nitro groups is 1. The van der Waals surface area contributed by atoms with Crippen LogP contribution in [0.1, 0.15) is 6.42 Å². The van der Waals surface area contributed by atoms with E-state index in [-0.39, 0.29) is 5.70 Å². The van der Waals surface area contributed by atoms with Crippen molar-refractivity contribution >= 4 is 0 Å². The van der Waals surface area contributed by atoms with Gasteiger partial charge in [0, 0.05) is 12.2 Å². The lowest BCUT2D eigenvalue weighted by Crippen LogP contribution is -1.95. The number of hydrogen-bond donors (Lipinski definition) is 0. The van der Waals surface area contributed by atoms with Gasteiger partial charge in [-0.15, -0.1) is 0 Å². The predicted molar refractivity (Wildman–Crippen MR) is 78.4 cm³/mol. The first-order valence-electron chi connectivity index (χ1n) is 6.23. The summed E-state index contributed by atoms with van der Waals surface area (Å²) in [5.41, 5.74) is 2.13. The topological polar surface area (TPSA) is 52.4 Å². The van der Waals surface area contributed by atoms with Gasteiger partial charge in [0.2, 0.25) is 0 Å². The molecule has 0 aliphatic heterocycles. The number of methoxy groups -OCH3 is 1. The molecule has 0 N–H and O–H groups in total. The van der Waals surface area contributed by atoms with Crippen LogP contribution in [0.15, 0.2) is 83.4 Å². The maximum atomic E-state index is 10.8. The van der Waals surface area contributed by atoms with Gasteiger partial charge < -0.3 is 4.74 Å². The number of hydrogen-bond acceptors (Lipinski definition) is 3. The Morgan fingerprint density at radius 3 is 2.80 bits per heavy atom. The molecule has 2 rings (SSSR count). The van der Waals surface area contributed by atoms with Crippen molar-refractivity contribution in [2.75, 3.05) is 7.11 Å². The number of allylic oxidation sites excluding steroid dienone is 12. The van der Waals surface area contributed by atoms with E-state index in [4.69, 9.17) is 4.74 Å². The Morgan fingerprint density at radius 2 is 2.10 bits per heavy atom. The summed E-state index contributed by atoms with van der Waals surface area (Å²) in [6, 6.07) is 0. The summed E-state index contributed by atoms with van der Waals surface area (Å²) in [7, 11) is 1.63. The highest BCUT2D eigenvalue weighted by Crippen LogP contribution is 2.17. The van der Waals surface area contributed by atoms with Gasteiger partial charge in [0.25, 0.3) is 5.70 Å². The Labute approximate surface area is 117 Å². The van der Waals surface area contributed by atoms with Crippen LogP contribution >= 0.6 is 0 Å². The minimum Gasteiger partial charge on any atom is -0.497 e. The van der Waals surface area contributed by atoms with Crippen LogP contribution in [0.2, 0.25) is 0 Å². The fourth-order valence-corrected chi connectivity index (χ4v) is 1.80.